The Balaban J connectivity index is 3.03. The van der Waals surface area contributed by atoms with Crippen LogP contribution < -0.4 is 4.46 Å². The molecule has 1 aromatic carbocycles. The van der Waals surface area contributed by atoms with E-state index in [1.165, 1.54) is 12.1 Å². The fourth-order valence-corrected chi connectivity index (χ4v) is 0.754. The van der Waals surface area contributed by atoms with Crippen LogP contribution in [0.1, 0.15) is 0 Å². The third kappa shape index (κ3) is 1.32. The molecule has 0 aliphatic rings. The van der Waals surface area contributed by atoms with Crippen LogP contribution in [0.3, 0.4) is 0 Å². The second kappa shape index (κ2) is 2.29. The van der Waals surface area contributed by atoms with E-state index in [1.807, 2.05) is 0 Å². The summed E-state index contributed by atoms with van der Waals surface area (Å²) < 4.78 is 13.1. The number of hydrogen-bond acceptors (Lipinski definition) is 0. The summed E-state index contributed by atoms with van der Waals surface area (Å²) in [6, 6.07) is 6.31. The van der Waals surface area contributed by atoms with Crippen molar-refractivity contribution in [3.05, 3.63) is 30.1 Å². The summed E-state index contributed by atoms with van der Waals surface area (Å²) in [5, 5.41) is 0. The molecule has 0 aliphatic heterocycles. The van der Waals surface area contributed by atoms with Gasteiger partial charge in [-0.05, 0) is 0 Å². The minimum atomic E-state index is -0.181. The van der Waals surface area contributed by atoms with Crippen LogP contribution in [0.5, 0.6) is 0 Å². The molecule has 0 nitrogen and oxygen atoms in total. The molecule has 0 saturated carbocycles. The van der Waals surface area contributed by atoms with Crippen molar-refractivity contribution in [2.45, 2.75) is 0 Å². The van der Waals surface area contributed by atoms with Crippen molar-refractivity contribution in [2.24, 2.45) is 0 Å². The molecule has 0 fully saturated rings. The topological polar surface area (TPSA) is 0 Å². The molecule has 0 N–H and O–H groups in total. The second-order valence-corrected chi connectivity index (χ2v) is 2.56. The first-order chi connectivity index (χ1) is 3.79. The van der Waals surface area contributed by atoms with E-state index < -0.39 is 0 Å². The van der Waals surface area contributed by atoms with Crippen LogP contribution in [-0.4, -0.2) is 16.0 Å². The molecule has 0 aliphatic carbocycles. The molecule has 0 unspecified atom stereocenters. The Morgan fingerprint density at radius 3 is 2.00 bits per heavy atom. The molecule has 1 rings (SSSR count). The maximum absolute atomic E-state index is 12.1. The first kappa shape index (κ1) is 5.80. The van der Waals surface area contributed by atoms with Crippen LogP contribution >= 0.6 is 0 Å². The van der Waals surface area contributed by atoms with E-state index in [9.17, 15) is 4.39 Å². The molecule has 0 amide bonds. The Bertz CT molecular complexity index is 147. The van der Waals surface area contributed by atoms with Gasteiger partial charge >= 0.3 is 54.9 Å². The van der Waals surface area contributed by atoms with Crippen LogP contribution in [0.4, 0.5) is 4.39 Å². The fraction of sp³-hybridized carbons (Fsp3) is 0. The standard InChI is InChI=1S/C6H5FSe/c7-5-1-3-6(8)4-2-5/h1-4,8H. The third-order valence-electron chi connectivity index (χ3n) is 0.827. The van der Waals surface area contributed by atoms with Crippen LogP contribution in [0, 0.1) is 5.82 Å². The minimum absolute atomic E-state index is 0.181. The van der Waals surface area contributed by atoms with Crippen molar-refractivity contribution in [3.63, 3.8) is 0 Å². The van der Waals surface area contributed by atoms with Crippen LogP contribution in [-0.2, 0) is 0 Å². The van der Waals surface area contributed by atoms with Gasteiger partial charge in [0.2, 0.25) is 0 Å². The summed E-state index contributed by atoms with van der Waals surface area (Å²) in [6.07, 6.45) is 0. The normalized spacial score (nSPS) is 9.25. The van der Waals surface area contributed by atoms with E-state index in [0.29, 0.717) is 0 Å². The van der Waals surface area contributed by atoms with Crippen molar-refractivity contribution in [3.8, 4) is 0 Å². The molecule has 0 heterocycles. The first-order valence-corrected chi connectivity index (χ1v) is 3.17. The van der Waals surface area contributed by atoms with Crippen molar-refractivity contribution in [1.82, 2.24) is 0 Å². The van der Waals surface area contributed by atoms with Crippen LogP contribution in [0.2, 0.25) is 0 Å². The van der Waals surface area contributed by atoms with Crippen molar-refractivity contribution in [2.75, 3.05) is 0 Å². The van der Waals surface area contributed by atoms with E-state index in [1.54, 1.807) is 12.1 Å². The molecular weight excluding hydrogens is 170 g/mol. The Kier molecular flexibility index (Phi) is 1.66. The van der Waals surface area contributed by atoms with Gasteiger partial charge in [-0.25, -0.2) is 0 Å². The molecule has 0 saturated heterocycles. The molecule has 0 radical (unpaired) electrons. The molecule has 8 heavy (non-hydrogen) atoms. The molecule has 1 aromatic rings. The Hall–Kier alpha value is -0.331. The molecule has 0 aromatic heterocycles. The molecule has 0 atom stereocenters. The fourth-order valence-electron chi connectivity index (χ4n) is 0.441. The van der Waals surface area contributed by atoms with Crippen LogP contribution in [0.25, 0.3) is 0 Å². The van der Waals surface area contributed by atoms with E-state index in [4.69, 9.17) is 0 Å². The summed E-state index contributed by atoms with van der Waals surface area (Å²) in [4.78, 5) is 0. The molecule has 42 valence electrons. The number of benzene rings is 1. The molecular formula is C6H5FSe. The Morgan fingerprint density at radius 2 is 1.62 bits per heavy atom. The number of rotatable bonds is 0. The summed E-state index contributed by atoms with van der Waals surface area (Å²) in [6.45, 7) is 0. The van der Waals surface area contributed by atoms with E-state index >= 15 is 0 Å². The summed E-state index contributed by atoms with van der Waals surface area (Å²) in [5.74, 6) is -0.181. The first-order valence-electron chi connectivity index (χ1n) is 2.23. The van der Waals surface area contributed by atoms with Gasteiger partial charge in [0.15, 0.2) is 0 Å². The Labute approximate surface area is 55.5 Å². The summed E-state index contributed by atoms with van der Waals surface area (Å²) in [7, 11) is 0. The summed E-state index contributed by atoms with van der Waals surface area (Å²) in [5.41, 5.74) is 0. The van der Waals surface area contributed by atoms with E-state index in [-0.39, 0.29) is 5.82 Å². The average Bonchev–Trinajstić information content (AvgIpc) is 1.77. The van der Waals surface area contributed by atoms with Gasteiger partial charge in [0, 0.05) is 0 Å². The van der Waals surface area contributed by atoms with Gasteiger partial charge in [-0.3, -0.25) is 0 Å². The maximum atomic E-state index is 12.1. The zero-order chi connectivity index (χ0) is 5.98. The molecule has 0 spiro atoms. The van der Waals surface area contributed by atoms with Crippen LogP contribution in [0.15, 0.2) is 24.3 Å². The van der Waals surface area contributed by atoms with Crippen molar-refractivity contribution in [1.29, 1.82) is 0 Å². The van der Waals surface area contributed by atoms with Gasteiger partial charge in [0.05, 0.1) is 0 Å². The van der Waals surface area contributed by atoms with E-state index in [0.717, 1.165) is 4.46 Å². The van der Waals surface area contributed by atoms with E-state index in [2.05, 4.69) is 16.0 Å². The summed E-state index contributed by atoms with van der Waals surface area (Å²) >= 11 is 2.35. The van der Waals surface area contributed by atoms with Gasteiger partial charge in [-0.2, -0.15) is 0 Å². The quantitative estimate of drug-likeness (QED) is 0.499. The van der Waals surface area contributed by atoms with Gasteiger partial charge in [0.25, 0.3) is 0 Å². The predicted octanol–water partition coefficient (Wildman–Crippen LogP) is 0.352. The molecule has 2 heteroatoms. The van der Waals surface area contributed by atoms with Gasteiger partial charge in [0.1, 0.15) is 0 Å². The van der Waals surface area contributed by atoms with Crippen molar-refractivity contribution >= 4 is 20.5 Å². The monoisotopic (exact) mass is 176 g/mol. The average molecular weight is 175 g/mol. The SMILES string of the molecule is Fc1ccc([SeH])cc1. The van der Waals surface area contributed by atoms with Gasteiger partial charge < -0.3 is 0 Å². The van der Waals surface area contributed by atoms with Gasteiger partial charge in [-0.15, -0.1) is 0 Å². The predicted molar refractivity (Wildman–Crippen MR) is 33.2 cm³/mol. The number of halogens is 1. The second-order valence-electron chi connectivity index (χ2n) is 1.48. The van der Waals surface area contributed by atoms with Crippen molar-refractivity contribution < 1.29 is 4.39 Å². The molecule has 0 bridgehead atoms. The Morgan fingerprint density at radius 1 is 1.12 bits per heavy atom. The van der Waals surface area contributed by atoms with Gasteiger partial charge in [-0.1, -0.05) is 0 Å². The third-order valence-corrected chi connectivity index (χ3v) is 1.45. The zero-order valence-electron chi connectivity index (χ0n) is 4.13. The number of hydrogen-bond donors (Lipinski definition) is 0. The zero-order valence-corrected chi connectivity index (χ0v) is 6.01.